The highest BCUT2D eigenvalue weighted by molar-refractivity contribution is 5.93. The van der Waals surface area contributed by atoms with Crippen molar-refractivity contribution in [2.45, 2.75) is 43.7 Å². The van der Waals surface area contributed by atoms with Gasteiger partial charge in [-0.15, -0.1) is 0 Å². The van der Waals surface area contributed by atoms with Crippen LogP contribution in [0.1, 0.15) is 42.6 Å². The van der Waals surface area contributed by atoms with Crippen molar-refractivity contribution in [1.29, 1.82) is 0 Å². The highest BCUT2D eigenvalue weighted by Gasteiger charge is 2.55. The Labute approximate surface area is 154 Å². The summed E-state index contributed by atoms with van der Waals surface area (Å²) in [5.41, 5.74) is 0.0478. The number of rotatable bonds is 3. The summed E-state index contributed by atoms with van der Waals surface area (Å²) in [6, 6.07) is 5.92. The number of nitrogens with zero attached hydrogens (tertiary/aromatic N) is 2. The predicted octanol–water partition coefficient (Wildman–Crippen LogP) is 1.16. The Balaban J connectivity index is 1.30. The second kappa shape index (κ2) is 6.20. The van der Waals surface area contributed by atoms with E-state index in [1.807, 2.05) is 18.2 Å². The molecule has 4 aliphatic carbocycles. The molecule has 4 bridgehead atoms. The first-order valence-electron chi connectivity index (χ1n) is 10.1. The normalized spacial score (nSPS) is 38.4. The number of aliphatic hydroxyl groups is 1. The predicted molar refractivity (Wildman–Crippen MR) is 99.1 cm³/mol. The van der Waals surface area contributed by atoms with Gasteiger partial charge in [0, 0.05) is 32.2 Å². The molecule has 6 heteroatoms. The van der Waals surface area contributed by atoms with Crippen molar-refractivity contribution in [3.63, 3.8) is 0 Å². The molecule has 0 radical (unpaired) electrons. The molecule has 1 aromatic rings. The SMILES string of the molecule is O=C(NC1C2CC3CC1CC(O)(C3)C2)c1cccc(N2CCNCC2)n1. The molecular weight excluding hydrogens is 328 g/mol. The van der Waals surface area contributed by atoms with Gasteiger partial charge in [0.2, 0.25) is 0 Å². The molecule has 1 aliphatic heterocycles. The molecule has 5 fully saturated rings. The Morgan fingerprint density at radius 3 is 2.62 bits per heavy atom. The van der Waals surface area contributed by atoms with Gasteiger partial charge in [-0.3, -0.25) is 4.79 Å². The minimum Gasteiger partial charge on any atom is -0.390 e. The van der Waals surface area contributed by atoms with Gasteiger partial charge >= 0.3 is 0 Å². The van der Waals surface area contributed by atoms with Gasteiger partial charge in [0.1, 0.15) is 11.5 Å². The lowest BCUT2D eigenvalue weighted by Crippen LogP contribution is -2.61. The van der Waals surface area contributed by atoms with E-state index in [0.29, 0.717) is 23.4 Å². The lowest BCUT2D eigenvalue weighted by molar-refractivity contribution is -0.136. The first-order chi connectivity index (χ1) is 12.6. The molecule has 6 nitrogen and oxygen atoms in total. The van der Waals surface area contributed by atoms with Gasteiger partial charge in [0.25, 0.3) is 5.91 Å². The summed E-state index contributed by atoms with van der Waals surface area (Å²) in [5, 5.41) is 17.3. The lowest BCUT2D eigenvalue weighted by atomic mass is 9.52. The van der Waals surface area contributed by atoms with Gasteiger partial charge in [-0.05, 0) is 62.0 Å². The van der Waals surface area contributed by atoms with Crippen LogP contribution in [0.5, 0.6) is 0 Å². The van der Waals surface area contributed by atoms with E-state index in [4.69, 9.17) is 0 Å². The van der Waals surface area contributed by atoms with E-state index in [0.717, 1.165) is 64.1 Å². The van der Waals surface area contributed by atoms with E-state index in [9.17, 15) is 9.90 Å². The van der Waals surface area contributed by atoms with Crippen molar-refractivity contribution in [2.24, 2.45) is 17.8 Å². The number of carbonyl (C=O) groups is 1. The molecule has 3 N–H and O–H groups in total. The van der Waals surface area contributed by atoms with Crippen LogP contribution in [-0.2, 0) is 0 Å². The van der Waals surface area contributed by atoms with Gasteiger partial charge in [-0.25, -0.2) is 4.98 Å². The van der Waals surface area contributed by atoms with E-state index in [2.05, 4.69) is 20.5 Å². The summed E-state index contributed by atoms with van der Waals surface area (Å²) in [7, 11) is 0. The minimum atomic E-state index is -0.460. The van der Waals surface area contributed by atoms with E-state index in [-0.39, 0.29) is 11.9 Å². The Bertz CT molecular complexity index is 687. The molecule has 2 atom stereocenters. The molecular formula is C20H28N4O2. The lowest BCUT2D eigenvalue weighted by Gasteiger charge is -2.58. The van der Waals surface area contributed by atoms with E-state index < -0.39 is 5.60 Å². The maximum absolute atomic E-state index is 12.9. The Hall–Kier alpha value is -1.66. The average Bonchev–Trinajstić information content (AvgIpc) is 2.64. The molecule has 2 unspecified atom stereocenters. The Kier molecular flexibility index (Phi) is 3.94. The molecule has 1 amide bonds. The van der Waals surface area contributed by atoms with Gasteiger partial charge in [-0.1, -0.05) is 6.07 Å². The third-order valence-electron chi connectivity index (χ3n) is 6.95. The number of piperazine rings is 1. The van der Waals surface area contributed by atoms with Crippen molar-refractivity contribution in [3.05, 3.63) is 23.9 Å². The minimum absolute atomic E-state index is 0.0635. The zero-order valence-electron chi connectivity index (χ0n) is 15.2. The van der Waals surface area contributed by atoms with Crippen molar-refractivity contribution in [2.75, 3.05) is 31.1 Å². The number of hydrogen-bond donors (Lipinski definition) is 3. The van der Waals surface area contributed by atoms with Crippen LogP contribution in [0.4, 0.5) is 5.82 Å². The number of carbonyl (C=O) groups excluding carboxylic acids is 1. The first-order valence-corrected chi connectivity index (χ1v) is 10.1. The fraction of sp³-hybridized carbons (Fsp3) is 0.700. The third kappa shape index (κ3) is 2.89. The highest BCUT2D eigenvalue weighted by Crippen LogP contribution is 2.55. The molecule has 1 saturated heterocycles. The van der Waals surface area contributed by atoms with Crippen molar-refractivity contribution < 1.29 is 9.90 Å². The zero-order valence-corrected chi connectivity index (χ0v) is 15.2. The number of amides is 1. The monoisotopic (exact) mass is 356 g/mol. The zero-order chi connectivity index (χ0) is 17.7. The fourth-order valence-corrected chi connectivity index (χ4v) is 6.06. The fourth-order valence-electron chi connectivity index (χ4n) is 6.06. The smallest absolute Gasteiger partial charge is 0.270 e. The number of nitrogens with one attached hydrogen (secondary N) is 2. The van der Waals surface area contributed by atoms with Crippen LogP contribution in [0.2, 0.25) is 0 Å². The van der Waals surface area contributed by atoms with E-state index >= 15 is 0 Å². The van der Waals surface area contributed by atoms with Crippen molar-refractivity contribution in [3.8, 4) is 0 Å². The van der Waals surface area contributed by atoms with E-state index in [1.165, 1.54) is 0 Å². The van der Waals surface area contributed by atoms with Crippen LogP contribution in [-0.4, -0.2) is 53.8 Å². The number of anilines is 1. The highest BCUT2D eigenvalue weighted by atomic mass is 16.3. The van der Waals surface area contributed by atoms with Crippen LogP contribution < -0.4 is 15.5 Å². The Morgan fingerprint density at radius 1 is 1.19 bits per heavy atom. The van der Waals surface area contributed by atoms with Crippen LogP contribution in [0.25, 0.3) is 0 Å². The van der Waals surface area contributed by atoms with E-state index in [1.54, 1.807) is 0 Å². The summed E-state index contributed by atoms with van der Waals surface area (Å²) >= 11 is 0. The molecule has 4 saturated carbocycles. The third-order valence-corrected chi connectivity index (χ3v) is 6.95. The first kappa shape index (κ1) is 16.5. The largest absolute Gasteiger partial charge is 0.390 e. The van der Waals surface area contributed by atoms with Crippen LogP contribution in [0.3, 0.4) is 0 Å². The molecule has 1 aromatic heterocycles. The molecule has 140 valence electrons. The van der Waals surface area contributed by atoms with Gasteiger partial charge in [0.15, 0.2) is 0 Å². The molecule has 0 aromatic carbocycles. The molecule has 2 heterocycles. The van der Waals surface area contributed by atoms with Crippen LogP contribution in [0, 0.1) is 17.8 Å². The molecule has 26 heavy (non-hydrogen) atoms. The summed E-state index contributed by atoms with van der Waals surface area (Å²) in [6.45, 7) is 3.75. The Morgan fingerprint density at radius 2 is 1.92 bits per heavy atom. The molecule has 0 spiro atoms. The second-order valence-corrected chi connectivity index (χ2v) is 8.81. The maximum Gasteiger partial charge on any atom is 0.270 e. The number of pyridine rings is 1. The topological polar surface area (TPSA) is 77.5 Å². The average molecular weight is 356 g/mol. The standard InChI is InChI=1S/C20H28N4O2/c25-19(16-2-1-3-17(22-16)24-6-4-21-5-7-24)23-18-14-8-13-9-15(18)12-20(26,10-13)11-14/h1-3,13-15,18,21,26H,4-12H2,(H,23,25). The number of hydrogen-bond acceptors (Lipinski definition) is 5. The summed E-state index contributed by atoms with van der Waals surface area (Å²) in [4.78, 5) is 19.7. The van der Waals surface area contributed by atoms with Crippen LogP contribution >= 0.6 is 0 Å². The van der Waals surface area contributed by atoms with Gasteiger partial charge < -0.3 is 20.6 Å². The second-order valence-electron chi connectivity index (χ2n) is 8.81. The number of aromatic nitrogens is 1. The summed E-state index contributed by atoms with van der Waals surface area (Å²) < 4.78 is 0. The maximum atomic E-state index is 12.9. The van der Waals surface area contributed by atoms with Crippen LogP contribution in [0.15, 0.2) is 18.2 Å². The van der Waals surface area contributed by atoms with Gasteiger partial charge in [0.05, 0.1) is 5.60 Å². The molecule has 5 aliphatic rings. The van der Waals surface area contributed by atoms with Crippen molar-refractivity contribution in [1.82, 2.24) is 15.6 Å². The summed E-state index contributed by atoms with van der Waals surface area (Å²) in [5.74, 6) is 2.32. The van der Waals surface area contributed by atoms with Crippen molar-refractivity contribution >= 4 is 11.7 Å². The summed E-state index contributed by atoms with van der Waals surface area (Å²) in [6.07, 6.45) is 4.96. The molecule has 6 rings (SSSR count). The quantitative estimate of drug-likeness (QED) is 0.758. The van der Waals surface area contributed by atoms with Gasteiger partial charge in [-0.2, -0.15) is 0 Å².